The van der Waals surface area contributed by atoms with Gasteiger partial charge >= 0.3 is 5.97 Å². The topological polar surface area (TPSA) is 87.0 Å². The van der Waals surface area contributed by atoms with Crippen molar-refractivity contribution >= 4 is 5.97 Å². The van der Waals surface area contributed by atoms with Crippen LogP contribution in [0, 0.1) is 0 Å². The van der Waals surface area contributed by atoms with Gasteiger partial charge in [0.05, 0.1) is 12.2 Å². The van der Waals surface area contributed by atoms with Crippen LogP contribution in [0.4, 0.5) is 0 Å². The predicted octanol–water partition coefficient (Wildman–Crippen LogP) is -1.03. The predicted molar refractivity (Wildman–Crippen MR) is 38.6 cm³/mol. The molecule has 5 nitrogen and oxygen atoms in total. The molecule has 0 aromatic heterocycles. The number of rotatable bonds is 1. The summed E-state index contributed by atoms with van der Waals surface area (Å²) in [4.78, 5) is 10.4. The van der Waals surface area contributed by atoms with Crippen molar-refractivity contribution in [2.75, 3.05) is 0 Å². The molecule has 1 heterocycles. The fourth-order valence-electron chi connectivity index (χ4n) is 1.23. The number of hydrogen-bond acceptors (Lipinski definition) is 4. The van der Waals surface area contributed by atoms with Gasteiger partial charge in [-0.3, -0.25) is 0 Å². The molecule has 3 N–H and O–H groups in total. The number of carbonyl (C=O) groups is 1. The Morgan fingerprint density at radius 1 is 1.50 bits per heavy atom. The maximum Gasteiger partial charge on any atom is 0.332 e. The van der Waals surface area contributed by atoms with E-state index in [0.717, 1.165) is 0 Å². The Morgan fingerprint density at radius 3 is 2.50 bits per heavy atom. The minimum atomic E-state index is -1.10. The number of aliphatic hydroxyl groups is 2. The highest BCUT2D eigenvalue weighted by Crippen LogP contribution is 2.19. The summed E-state index contributed by atoms with van der Waals surface area (Å²) in [6.45, 7) is 1.53. The third-order valence-corrected chi connectivity index (χ3v) is 1.99. The van der Waals surface area contributed by atoms with Crippen molar-refractivity contribution in [3.63, 3.8) is 0 Å². The van der Waals surface area contributed by atoms with E-state index in [9.17, 15) is 15.0 Å². The fraction of sp³-hybridized carbons (Fsp3) is 0.857. The molecule has 1 aliphatic heterocycles. The molecule has 1 saturated heterocycles. The SMILES string of the molecule is CC1OC(C(=O)O)CC(O)[C@H]1O. The molecule has 0 aromatic rings. The molecule has 0 bridgehead atoms. The van der Waals surface area contributed by atoms with Crippen molar-refractivity contribution in [1.29, 1.82) is 0 Å². The van der Waals surface area contributed by atoms with E-state index in [4.69, 9.17) is 9.84 Å². The van der Waals surface area contributed by atoms with Crippen LogP contribution >= 0.6 is 0 Å². The van der Waals surface area contributed by atoms with Crippen molar-refractivity contribution in [2.45, 2.75) is 37.8 Å². The van der Waals surface area contributed by atoms with Gasteiger partial charge in [-0.1, -0.05) is 0 Å². The van der Waals surface area contributed by atoms with Crippen LogP contribution in [-0.4, -0.2) is 45.7 Å². The van der Waals surface area contributed by atoms with Crippen LogP contribution in [0.15, 0.2) is 0 Å². The molecule has 0 spiro atoms. The molecule has 4 atom stereocenters. The summed E-state index contributed by atoms with van der Waals surface area (Å²) >= 11 is 0. The maximum atomic E-state index is 10.4. The van der Waals surface area contributed by atoms with Crippen LogP contribution < -0.4 is 0 Å². The van der Waals surface area contributed by atoms with E-state index < -0.39 is 30.4 Å². The molecule has 70 valence electrons. The van der Waals surface area contributed by atoms with Crippen LogP contribution in [0.25, 0.3) is 0 Å². The average Bonchev–Trinajstić information content (AvgIpc) is 1.99. The van der Waals surface area contributed by atoms with Crippen molar-refractivity contribution in [3.05, 3.63) is 0 Å². The Balaban J connectivity index is 2.59. The van der Waals surface area contributed by atoms with Crippen LogP contribution in [0.1, 0.15) is 13.3 Å². The second-order valence-corrected chi connectivity index (χ2v) is 2.96. The summed E-state index contributed by atoms with van der Waals surface area (Å²) in [7, 11) is 0. The molecule has 0 amide bonds. The summed E-state index contributed by atoms with van der Waals surface area (Å²) in [5, 5.41) is 26.9. The van der Waals surface area contributed by atoms with Gasteiger partial charge in [0.15, 0.2) is 6.10 Å². The lowest BCUT2D eigenvalue weighted by molar-refractivity contribution is -0.186. The van der Waals surface area contributed by atoms with E-state index in [1.54, 1.807) is 0 Å². The summed E-state index contributed by atoms with van der Waals surface area (Å²) in [6, 6.07) is 0. The average molecular weight is 176 g/mol. The van der Waals surface area contributed by atoms with E-state index in [0.29, 0.717) is 0 Å². The van der Waals surface area contributed by atoms with Gasteiger partial charge in [-0.05, 0) is 6.92 Å². The standard InChI is InChI=1S/C7H12O5/c1-3-6(9)4(8)2-5(12-3)7(10)11/h3-6,8-9H,2H2,1H3,(H,10,11)/t3?,4?,5?,6-/m0/s1. The van der Waals surface area contributed by atoms with Crippen LogP contribution in [0.5, 0.6) is 0 Å². The van der Waals surface area contributed by atoms with E-state index in [1.165, 1.54) is 6.92 Å². The van der Waals surface area contributed by atoms with Gasteiger partial charge in [-0.2, -0.15) is 0 Å². The zero-order chi connectivity index (χ0) is 9.30. The second-order valence-electron chi connectivity index (χ2n) is 2.96. The highest BCUT2D eigenvalue weighted by Gasteiger charge is 2.37. The Bertz CT molecular complexity index is 169. The van der Waals surface area contributed by atoms with Gasteiger partial charge in [0.25, 0.3) is 0 Å². The highest BCUT2D eigenvalue weighted by atomic mass is 16.5. The zero-order valence-electron chi connectivity index (χ0n) is 6.67. The summed E-state index contributed by atoms with van der Waals surface area (Å²) < 4.78 is 4.92. The highest BCUT2D eigenvalue weighted by molar-refractivity contribution is 5.72. The first-order valence-corrected chi connectivity index (χ1v) is 3.76. The number of aliphatic hydroxyl groups excluding tert-OH is 2. The van der Waals surface area contributed by atoms with Crippen molar-refractivity contribution < 1.29 is 24.9 Å². The molecule has 0 aliphatic carbocycles. The molecule has 12 heavy (non-hydrogen) atoms. The Labute approximate surface area is 69.6 Å². The molecule has 5 heteroatoms. The van der Waals surface area contributed by atoms with E-state index in [2.05, 4.69) is 0 Å². The van der Waals surface area contributed by atoms with Gasteiger partial charge in [0.2, 0.25) is 0 Å². The smallest absolute Gasteiger partial charge is 0.332 e. The van der Waals surface area contributed by atoms with Gasteiger partial charge in [-0.25, -0.2) is 4.79 Å². The first-order chi connectivity index (χ1) is 5.52. The Morgan fingerprint density at radius 2 is 2.08 bits per heavy atom. The fourth-order valence-corrected chi connectivity index (χ4v) is 1.23. The number of ether oxygens (including phenoxy) is 1. The Hall–Kier alpha value is -0.650. The maximum absolute atomic E-state index is 10.4. The molecule has 1 fully saturated rings. The second kappa shape index (κ2) is 3.38. The van der Waals surface area contributed by atoms with Crippen LogP contribution in [-0.2, 0) is 9.53 Å². The number of aliphatic carboxylic acids is 1. The molecule has 1 aliphatic rings. The number of carboxylic acid groups (broad SMARTS) is 1. The zero-order valence-corrected chi connectivity index (χ0v) is 6.67. The van der Waals surface area contributed by atoms with Gasteiger partial charge in [0, 0.05) is 6.42 Å². The third-order valence-electron chi connectivity index (χ3n) is 1.99. The largest absolute Gasteiger partial charge is 0.479 e. The van der Waals surface area contributed by atoms with E-state index in [-0.39, 0.29) is 6.42 Å². The van der Waals surface area contributed by atoms with Crippen LogP contribution in [0.3, 0.4) is 0 Å². The minimum Gasteiger partial charge on any atom is -0.479 e. The summed E-state index contributed by atoms with van der Waals surface area (Å²) in [6.07, 6.45) is -3.68. The van der Waals surface area contributed by atoms with Gasteiger partial charge in [0.1, 0.15) is 6.10 Å². The lowest BCUT2D eigenvalue weighted by atomic mass is 9.99. The molecular formula is C7H12O5. The summed E-state index contributed by atoms with van der Waals surface area (Å²) in [5.74, 6) is -1.10. The third kappa shape index (κ3) is 1.74. The first kappa shape index (κ1) is 9.44. The first-order valence-electron chi connectivity index (χ1n) is 3.76. The molecule has 1 rings (SSSR count). The lowest BCUT2D eigenvalue weighted by Crippen LogP contribution is -2.49. The Kier molecular flexibility index (Phi) is 2.66. The number of hydrogen-bond donors (Lipinski definition) is 3. The normalized spacial score (nSPS) is 42.6. The van der Waals surface area contributed by atoms with E-state index >= 15 is 0 Å². The van der Waals surface area contributed by atoms with E-state index in [1.807, 2.05) is 0 Å². The molecule has 0 saturated carbocycles. The van der Waals surface area contributed by atoms with Gasteiger partial charge in [-0.15, -0.1) is 0 Å². The minimum absolute atomic E-state index is 0.0547. The summed E-state index contributed by atoms with van der Waals surface area (Å²) in [5.41, 5.74) is 0. The van der Waals surface area contributed by atoms with Gasteiger partial charge < -0.3 is 20.1 Å². The lowest BCUT2D eigenvalue weighted by Gasteiger charge is -2.33. The number of carboxylic acids is 1. The molecule has 0 aromatic carbocycles. The van der Waals surface area contributed by atoms with Crippen molar-refractivity contribution in [2.24, 2.45) is 0 Å². The van der Waals surface area contributed by atoms with Crippen molar-refractivity contribution in [3.8, 4) is 0 Å². The van der Waals surface area contributed by atoms with Crippen LogP contribution in [0.2, 0.25) is 0 Å². The van der Waals surface area contributed by atoms with Crippen molar-refractivity contribution in [1.82, 2.24) is 0 Å². The molecule has 0 radical (unpaired) electrons. The molecular weight excluding hydrogens is 164 g/mol. The monoisotopic (exact) mass is 176 g/mol. The molecule has 3 unspecified atom stereocenters. The quantitative estimate of drug-likeness (QED) is 0.475.